The highest BCUT2D eigenvalue weighted by Crippen LogP contribution is 2.38. The topological polar surface area (TPSA) is 66.0 Å². The van der Waals surface area contributed by atoms with Crippen molar-refractivity contribution in [2.75, 3.05) is 0 Å². The number of hydrogen-bond donors (Lipinski definition) is 0. The monoisotopic (exact) mass is 454 g/mol. The predicted molar refractivity (Wildman–Crippen MR) is 127 cm³/mol. The molecule has 1 aliphatic heterocycles. The maximum Gasteiger partial charge on any atom is 0.230 e. The molecule has 1 aliphatic rings. The Morgan fingerprint density at radius 3 is 2.50 bits per heavy atom. The van der Waals surface area contributed by atoms with E-state index in [9.17, 15) is 4.39 Å². The molecule has 1 saturated heterocycles. The van der Waals surface area contributed by atoms with Crippen LogP contribution in [-0.2, 0) is 11.3 Å². The molecule has 34 heavy (non-hydrogen) atoms. The van der Waals surface area contributed by atoms with E-state index in [0.717, 1.165) is 45.6 Å². The van der Waals surface area contributed by atoms with Gasteiger partial charge in [0.05, 0.1) is 29.3 Å². The van der Waals surface area contributed by atoms with Gasteiger partial charge >= 0.3 is 0 Å². The summed E-state index contributed by atoms with van der Waals surface area (Å²) >= 11 is 0. The highest BCUT2D eigenvalue weighted by molar-refractivity contribution is 5.95. The lowest BCUT2D eigenvalue weighted by Gasteiger charge is -2.42. The van der Waals surface area contributed by atoms with Gasteiger partial charge in [0.25, 0.3) is 0 Å². The average Bonchev–Trinajstić information content (AvgIpc) is 3.43. The molecule has 6 nitrogen and oxygen atoms in total. The summed E-state index contributed by atoms with van der Waals surface area (Å²) in [6, 6.07) is 18.2. The summed E-state index contributed by atoms with van der Waals surface area (Å²) in [5.74, 6) is 0.430. The Morgan fingerprint density at radius 2 is 1.76 bits per heavy atom. The quantitative estimate of drug-likeness (QED) is 0.320. The first-order chi connectivity index (χ1) is 16.4. The van der Waals surface area contributed by atoms with Crippen molar-refractivity contribution >= 4 is 11.1 Å². The Morgan fingerprint density at radius 1 is 1.00 bits per heavy atom. The number of furan rings is 1. The van der Waals surface area contributed by atoms with Crippen molar-refractivity contribution in [3.05, 3.63) is 79.0 Å². The smallest absolute Gasteiger partial charge is 0.230 e. The second-order valence-corrected chi connectivity index (χ2v) is 9.24. The summed E-state index contributed by atoms with van der Waals surface area (Å²) in [7, 11) is 0. The van der Waals surface area contributed by atoms with E-state index in [1.54, 1.807) is 12.1 Å². The van der Waals surface area contributed by atoms with Crippen molar-refractivity contribution < 1.29 is 13.5 Å². The minimum atomic E-state index is -0.290. The van der Waals surface area contributed by atoms with Crippen LogP contribution in [0, 0.1) is 5.82 Å². The van der Waals surface area contributed by atoms with Gasteiger partial charge in [-0.2, -0.15) is 5.10 Å². The molecule has 3 aromatic heterocycles. The highest BCUT2D eigenvalue weighted by Gasteiger charge is 2.37. The molecule has 170 valence electrons. The number of benzene rings is 2. The van der Waals surface area contributed by atoms with E-state index in [1.807, 2.05) is 47.3 Å². The molecule has 0 N–H and O–H groups in total. The summed E-state index contributed by atoms with van der Waals surface area (Å²) in [6.07, 6.45) is 4.55. The zero-order chi connectivity index (χ0) is 23.3. The largest absolute Gasteiger partial charge is 0.438 e. The Balaban J connectivity index is 1.46. The molecule has 2 aromatic carbocycles. The first kappa shape index (κ1) is 20.7. The molecule has 0 unspecified atom stereocenters. The van der Waals surface area contributed by atoms with Crippen LogP contribution in [0.4, 0.5) is 4.39 Å². The van der Waals surface area contributed by atoms with E-state index in [2.05, 4.69) is 23.8 Å². The van der Waals surface area contributed by atoms with Crippen LogP contribution in [-0.4, -0.2) is 31.5 Å². The van der Waals surface area contributed by atoms with Gasteiger partial charge in [0, 0.05) is 29.3 Å². The van der Waals surface area contributed by atoms with Gasteiger partial charge < -0.3 is 9.15 Å². The highest BCUT2D eigenvalue weighted by atomic mass is 19.1. The number of rotatable bonds is 5. The number of ether oxygens (including phenoxy) is 1. The van der Waals surface area contributed by atoms with Gasteiger partial charge in [0.15, 0.2) is 0 Å². The van der Waals surface area contributed by atoms with E-state index in [-0.39, 0.29) is 17.5 Å². The number of aromatic nitrogens is 4. The summed E-state index contributed by atoms with van der Waals surface area (Å²) in [5.41, 5.74) is 4.46. The Labute approximate surface area is 196 Å². The predicted octanol–water partition coefficient (Wildman–Crippen LogP) is 6.13. The number of halogens is 1. The van der Waals surface area contributed by atoms with Gasteiger partial charge in [-0.3, -0.25) is 4.68 Å². The van der Waals surface area contributed by atoms with Crippen molar-refractivity contribution in [3.63, 3.8) is 0 Å². The van der Waals surface area contributed by atoms with E-state index in [4.69, 9.17) is 14.3 Å². The molecule has 0 saturated carbocycles. The zero-order valence-electron chi connectivity index (χ0n) is 18.9. The molecular weight excluding hydrogens is 431 g/mol. The lowest BCUT2D eigenvalue weighted by molar-refractivity contribution is -0.189. The van der Waals surface area contributed by atoms with E-state index in [1.165, 1.54) is 18.5 Å². The van der Waals surface area contributed by atoms with Crippen LogP contribution in [0.3, 0.4) is 0 Å². The van der Waals surface area contributed by atoms with Crippen LogP contribution in [0.2, 0.25) is 0 Å². The third kappa shape index (κ3) is 3.78. The molecule has 4 heterocycles. The maximum atomic E-state index is 13.6. The van der Waals surface area contributed by atoms with Crippen molar-refractivity contribution in [1.29, 1.82) is 0 Å². The fourth-order valence-corrected chi connectivity index (χ4v) is 4.62. The lowest BCUT2D eigenvalue weighted by atomic mass is 9.93. The molecule has 1 fully saturated rings. The van der Waals surface area contributed by atoms with Gasteiger partial charge in [0.2, 0.25) is 5.71 Å². The normalized spacial score (nSPS) is 17.1. The molecule has 7 heteroatoms. The third-order valence-corrected chi connectivity index (χ3v) is 6.12. The van der Waals surface area contributed by atoms with Crippen molar-refractivity contribution in [1.82, 2.24) is 19.7 Å². The second-order valence-electron chi connectivity index (χ2n) is 9.24. The van der Waals surface area contributed by atoms with Crippen LogP contribution < -0.4 is 0 Å². The van der Waals surface area contributed by atoms with Crippen LogP contribution >= 0.6 is 0 Å². The molecule has 1 atom stereocenters. The Kier molecular flexibility index (Phi) is 4.81. The summed E-state index contributed by atoms with van der Waals surface area (Å²) in [4.78, 5) is 8.95. The van der Waals surface area contributed by atoms with Crippen LogP contribution in [0.25, 0.3) is 44.9 Å². The summed E-state index contributed by atoms with van der Waals surface area (Å²) in [6.45, 7) is 4.80. The number of fused-ring (bicyclic) bond motifs is 1. The maximum absolute atomic E-state index is 13.6. The van der Waals surface area contributed by atoms with Crippen molar-refractivity contribution in [2.24, 2.45) is 0 Å². The molecule has 0 amide bonds. The molecular formula is C27H23FN4O2. The molecule has 0 bridgehead atoms. The molecule has 0 spiro atoms. The SMILES string of the molecule is CC1(C)C[C@@H](Cn2cc(-c3ncnc4oc(-c5ccccc5)cc34)c(-c3ccc(F)cc3)n2)O1. The minimum Gasteiger partial charge on any atom is -0.438 e. The third-order valence-electron chi connectivity index (χ3n) is 6.12. The number of nitrogens with zero attached hydrogens (tertiary/aromatic N) is 4. The molecule has 0 aliphatic carbocycles. The number of hydrogen-bond acceptors (Lipinski definition) is 5. The standard InChI is InChI=1S/C27H23FN4O2/c1-27(2)13-20(34-27)14-32-15-22(24(31-32)18-8-10-19(28)11-9-18)25-21-12-23(17-6-4-3-5-7-17)33-26(21)30-16-29-25/h3-12,15-16,20H,13-14H2,1-2H3/t20-/m0/s1. The molecule has 5 aromatic rings. The van der Waals surface area contributed by atoms with Crippen LogP contribution in [0.5, 0.6) is 0 Å². The van der Waals surface area contributed by atoms with Gasteiger partial charge in [-0.15, -0.1) is 0 Å². The zero-order valence-corrected chi connectivity index (χ0v) is 18.9. The first-order valence-electron chi connectivity index (χ1n) is 11.3. The Bertz CT molecular complexity index is 1460. The van der Waals surface area contributed by atoms with Crippen molar-refractivity contribution in [3.8, 4) is 33.8 Å². The van der Waals surface area contributed by atoms with Gasteiger partial charge in [-0.05, 0) is 44.2 Å². The van der Waals surface area contributed by atoms with Gasteiger partial charge in [0.1, 0.15) is 23.6 Å². The van der Waals surface area contributed by atoms with Gasteiger partial charge in [-0.1, -0.05) is 30.3 Å². The van der Waals surface area contributed by atoms with Gasteiger partial charge in [-0.25, -0.2) is 14.4 Å². The van der Waals surface area contributed by atoms with Crippen molar-refractivity contribution in [2.45, 2.75) is 38.5 Å². The van der Waals surface area contributed by atoms with Crippen LogP contribution in [0.1, 0.15) is 20.3 Å². The summed E-state index contributed by atoms with van der Waals surface area (Å²) in [5, 5.41) is 5.65. The van der Waals surface area contributed by atoms with Crippen LogP contribution in [0.15, 0.2) is 77.6 Å². The molecule has 0 radical (unpaired) electrons. The second kappa shape index (κ2) is 7.88. The lowest BCUT2D eigenvalue weighted by Crippen LogP contribution is -2.47. The van der Waals surface area contributed by atoms with E-state index >= 15 is 0 Å². The fraction of sp³-hybridized carbons (Fsp3) is 0.222. The fourth-order valence-electron chi connectivity index (χ4n) is 4.62. The Hall–Kier alpha value is -3.84. The summed E-state index contributed by atoms with van der Waals surface area (Å²) < 4.78 is 27.5. The van der Waals surface area contributed by atoms with E-state index in [0.29, 0.717) is 12.3 Å². The average molecular weight is 455 g/mol. The first-order valence-corrected chi connectivity index (χ1v) is 11.3. The van der Waals surface area contributed by atoms with E-state index < -0.39 is 0 Å². The minimum absolute atomic E-state index is 0.0934. The molecule has 6 rings (SSSR count).